The molecule has 4 nitrogen and oxygen atoms in total. The van der Waals surface area contributed by atoms with Crippen molar-refractivity contribution in [2.45, 2.75) is 13.8 Å². The maximum Gasteiger partial charge on any atom is 0.254 e. The molecule has 0 unspecified atom stereocenters. The van der Waals surface area contributed by atoms with Gasteiger partial charge in [0.05, 0.1) is 0 Å². The van der Waals surface area contributed by atoms with Crippen molar-refractivity contribution in [3.63, 3.8) is 0 Å². The minimum Gasteiger partial charge on any atom is -0.335 e. The smallest absolute Gasteiger partial charge is 0.254 e. The summed E-state index contributed by atoms with van der Waals surface area (Å²) in [6.45, 7) is 5.80. The second-order valence-electron chi connectivity index (χ2n) is 6.47. The minimum atomic E-state index is -0.422. The van der Waals surface area contributed by atoms with Crippen molar-refractivity contribution in [1.82, 2.24) is 9.80 Å². The molecule has 0 saturated carbocycles. The highest BCUT2D eigenvalue weighted by atomic mass is 19.1. The molecule has 0 bridgehead atoms. The third kappa shape index (κ3) is 3.87. The van der Waals surface area contributed by atoms with Crippen LogP contribution in [0.2, 0.25) is 0 Å². The first-order valence-corrected chi connectivity index (χ1v) is 8.36. The number of nitrogens with zero attached hydrogens (tertiary/aromatic N) is 2. The third-order valence-electron chi connectivity index (χ3n) is 4.39. The van der Waals surface area contributed by atoms with Gasteiger partial charge < -0.3 is 9.80 Å². The van der Waals surface area contributed by atoms with E-state index in [-0.39, 0.29) is 11.8 Å². The Balaban J connectivity index is 1.65. The Labute approximate surface area is 146 Å². The number of carbonyl (C=O) groups is 2. The Kier molecular flexibility index (Phi) is 4.83. The number of piperazine rings is 1. The minimum absolute atomic E-state index is 0.00958. The number of rotatable bonds is 2. The van der Waals surface area contributed by atoms with E-state index < -0.39 is 5.82 Å². The monoisotopic (exact) mass is 340 g/mol. The molecule has 1 heterocycles. The zero-order valence-corrected chi connectivity index (χ0v) is 14.5. The summed E-state index contributed by atoms with van der Waals surface area (Å²) >= 11 is 0. The molecule has 0 spiro atoms. The van der Waals surface area contributed by atoms with Gasteiger partial charge in [-0.1, -0.05) is 23.3 Å². The van der Waals surface area contributed by atoms with E-state index in [1.165, 1.54) is 18.2 Å². The van der Waals surface area contributed by atoms with E-state index >= 15 is 0 Å². The summed E-state index contributed by atoms with van der Waals surface area (Å²) in [7, 11) is 0. The van der Waals surface area contributed by atoms with Gasteiger partial charge >= 0.3 is 0 Å². The first-order valence-electron chi connectivity index (χ1n) is 8.36. The Hall–Kier alpha value is -2.69. The fraction of sp³-hybridized carbons (Fsp3) is 0.300. The summed E-state index contributed by atoms with van der Waals surface area (Å²) < 4.78 is 13.3. The fourth-order valence-electron chi connectivity index (χ4n) is 3.20. The number of benzene rings is 2. The number of aryl methyl sites for hydroxylation is 2. The van der Waals surface area contributed by atoms with Gasteiger partial charge in [0.2, 0.25) is 0 Å². The Bertz CT molecular complexity index is 791. The lowest BCUT2D eigenvalue weighted by Crippen LogP contribution is -2.50. The summed E-state index contributed by atoms with van der Waals surface area (Å²) in [5, 5.41) is 0. The van der Waals surface area contributed by atoms with Crippen LogP contribution in [-0.4, -0.2) is 47.8 Å². The Morgan fingerprint density at radius 1 is 0.800 bits per heavy atom. The van der Waals surface area contributed by atoms with Gasteiger partial charge in [0, 0.05) is 37.3 Å². The Morgan fingerprint density at radius 2 is 1.32 bits per heavy atom. The third-order valence-corrected chi connectivity index (χ3v) is 4.39. The van der Waals surface area contributed by atoms with Crippen LogP contribution in [0.5, 0.6) is 0 Å². The molecule has 0 aromatic heterocycles. The lowest BCUT2D eigenvalue weighted by atomic mass is 10.1. The molecule has 0 N–H and O–H groups in total. The molecule has 130 valence electrons. The summed E-state index contributed by atoms with van der Waals surface area (Å²) in [4.78, 5) is 28.5. The molecule has 3 rings (SSSR count). The zero-order chi connectivity index (χ0) is 18.0. The molecule has 2 aromatic carbocycles. The predicted octanol–water partition coefficient (Wildman–Crippen LogP) is 3.04. The van der Waals surface area contributed by atoms with Gasteiger partial charge in [0.1, 0.15) is 5.82 Å². The van der Waals surface area contributed by atoms with Gasteiger partial charge in [-0.15, -0.1) is 0 Å². The molecule has 0 radical (unpaired) electrons. The number of carbonyl (C=O) groups excluding carboxylic acids is 2. The van der Waals surface area contributed by atoms with Crippen LogP contribution in [0.1, 0.15) is 31.8 Å². The zero-order valence-electron chi connectivity index (χ0n) is 14.5. The lowest BCUT2D eigenvalue weighted by Gasteiger charge is -2.35. The van der Waals surface area contributed by atoms with E-state index in [9.17, 15) is 14.0 Å². The van der Waals surface area contributed by atoms with E-state index in [0.29, 0.717) is 37.3 Å². The lowest BCUT2D eigenvalue weighted by molar-refractivity contribution is 0.0535. The summed E-state index contributed by atoms with van der Waals surface area (Å²) in [6, 6.07) is 11.5. The van der Waals surface area contributed by atoms with Crippen molar-refractivity contribution >= 4 is 11.8 Å². The van der Waals surface area contributed by atoms with Crippen LogP contribution in [0.3, 0.4) is 0 Å². The molecular weight excluding hydrogens is 319 g/mol. The van der Waals surface area contributed by atoms with Gasteiger partial charge in [-0.25, -0.2) is 4.39 Å². The molecular formula is C20H21FN2O2. The molecule has 0 atom stereocenters. The van der Waals surface area contributed by atoms with Gasteiger partial charge in [-0.2, -0.15) is 0 Å². The molecule has 1 aliphatic heterocycles. The van der Waals surface area contributed by atoms with E-state index in [2.05, 4.69) is 0 Å². The molecule has 2 amide bonds. The van der Waals surface area contributed by atoms with Gasteiger partial charge in [0.15, 0.2) is 0 Å². The van der Waals surface area contributed by atoms with Crippen LogP contribution in [0.25, 0.3) is 0 Å². The van der Waals surface area contributed by atoms with Crippen LogP contribution in [0, 0.1) is 19.7 Å². The molecule has 0 aliphatic carbocycles. The number of halogens is 1. The second-order valence-corrected chi connectivity index (χ2v) is 6.47. The normalized spacial score (nSPS) is 14.5. The first kappa shape index (κ1) is 17.1. The summed E-state index contributed by atoms with van der Waals surface area (Å²) in [6.07, 6.45) is 0. The summed E-state index contributed by atoms with van der Waals surface area (Å²) in [5.41, 5.74) is 3.14. The van der Waals surface area contributed by atoms with Crippen LogP contribution >= 0.6 is 0 Å². The van der Waals surface area contributed by atoms with Crippen LogP contribution in [0.4, 0.5) is 4.39 Å². The second kappa shape index (κ2) is 7.05. The van der Waals surface area contributed by atoms with Gasteiger partial charge in [-0.3, -0.25) is 9.59 Å². The molecule has 5 heteroatoms. The first-order chi connectivity index (χ1) is 11.9. The predicted molar refractivity (Wildman–Crippen MR) is 94.1 cm³/mol. The van der Waals surface area contributed by atoms with Gasteiger partial charge in [0.25, 0.3) is 11.8 Å². The van der Waals surface area contributed by atoms with E-state index in [4.69, 9.17) is 0 Å². The highest BCUT2D eigenvalue weighted by molar-refractivity contribution is 5.96. The van der Waals surface area contributed by atoms with Crippen molar-refractivity contribution in [2.24, 2.45) is 0 Å². The van der Waals surface area contributed by atoms with E-state index in [0.717, 1.165) is 11.1 Å². The molecule has 1 fully saturated rings. The fourth-order valence-corrected chi connectivity index (χ4v) is 3.20. The summed E-state index contributed by atoms with van der Waals surface area (Å²) in [5.74, 6) is -0.628. The van der Waals surface area contributed by atoms with Crippen molar-refractivity contribution in [3.05, 3.63) is 70.5 Å². The van der Waals surface area contributed by atoms with E-state index in [1.54, 1.807) is 15.9 Å². The number of amides is 2. The largest absolute Gasteiger partial charge is 0.335 e. The van der Waals surface area contributed by atoms with Crippen LogP contribution < -0.4 is 0 Å². The molecule has 2 aromatic rings. The SMILES string of the molecule is Cc1cc(C)cc(C(=O)N2CCN(C(=O)c3cccc(F)c3)CC2)c1. The highest BCUT2D eigenvalue weighted by Gasteiger charge is 2.25. The van der Waals surface area contributed by atoms with E-state index in [1.807, 2.05) is 32.0 Å². The maximum absolute atomic E-state index is 13.3. The topological polar surface area (TPSA) is 40.6 Å². The Morgan fingerprint density at radius 3 is 1.84 bits per heavy atom. The van der Waals surface area contributed by atoms with Crippen LogP contribution in [0.15, 0.2) is 42.5 Å². The van der Waals surface area contributed by atoms with Crippen molar-refractivity contribution < 1.29 is 14.0 Å². The number of hydrogen-bond donors (Lipinski definition) is 0. The van der Waals surface area contributed by atoms with Gasteiger partial charge in [-0.05, 0) is 44.2 Å². The standard InChI is InChI=1S/C20H21FN2O2/c1-14-10-15(2)12-17(11-14)20(25)23-8-6-22(7-9-23)19(24)16-4-3-5-18(21)13-16/h3-5,10-13H,6-9H2,1-2H3. The maximum atomic E-state index is 13.3. The van der Waals surface area contributed by atoms with Crippen molar-refractivity contribution in [1.29, 1.82) is 0 Å². The van der Waals surface area contributed by atoms with Crippen LogP contribution in [-0.2, 0) is 0 Å². The average Bonchev–Trinajstić information content (AvgIpc) is 2.60. The molecule has 1 aliphatic rings. The number of hydrogen-bond acceptors (Lipinski definition) is 2. The highest BCUT2D eigenvalue weighted by Crippen LogP contribution is 2.15. The van der Waals surface area contributed by atoms with Crippen molar-refractivity contribution in [3.8, 4) is 0 Å². The van der Waals surface area contributed by atoms with Crippen molar-refractivity contribution in [2.75, 3.05) is 26.2 Å². The molecule has 1 saturated heterocycles. The average molecular weight is 340 g/mol. The quantitative estimate of drug-likeness (QED) is 0.843. The molecule has 25 heavy (non-hydrogen) atoms.